The molecule has 0 aliphatic rings. The smallest absolute Gasteiger partial charge is 0.344 e. The third-order valence-corrected chi connectivity index (χ3v) is 7.05. The van der Waals surface area contributed by atoms with Gasteiger partial charge in [0.2, 0.25) is 10.0 Å². The van der Waals surface area contributed by atoms with Crippen molar-refractivity contribution in [3.8, 4) is 6.07 Å². The molecule has 1 aromatic carbocycles. The lowest BCUT2D eigenvalue weighted by Crippen LogP contribution is -2.54. The van der Waals surface area contributed by atoms with Crippen LogP contribution in [0.1, 0.15) is 29.4 Å². The number of anilines is 1. The van der Waals surface area contributed by atoms with E-state index in [-0.39, 0.29) is 11.3 Å². The van der Waals surface area contributed by atoms with E-state index in [2.05, 4.69) is 17.9 Å². The van der Waals surface area contributed by atoms with Crippen molar-refractivity contribution >= 4 is 45.8 Å². The molecule has 7 nitrogen and oxygen atoms in total. The Morgan fingerprint density at radius 2 is 1.97 bits per heavy atom. The summed E-state index contributed by atoms with van der Waals surface area (Å²) in [7, 11) is -3.59. The number of aryl methyl sites for hydroxylation is 1. The van der Waals surface area contributed by atoms with E-state index in [0.717, 1.165) is 35.9 Å². The summed E-state index contributed by atoms with van der Waals surface area (Å²) in [5.41, 5.74) is -0.724. The summed E-state index contributed by atoms with van der Waals surface area (Å²) in [4.78, 5) is 8.75. The molecule has 2 aromatic rings. The molecule has 0 unspecified atom stereocenters. The fourth-order valence-electron chi connectivity index (χ4n) is 2.50. The van der Waals surface area contributed by atoms with Crippen LogP contribution in [0.25, 0.3) is 0 Å². The lowest BCUT2D eigenvalue weighted by Gasteiger charge is -2.30. The Balaban J connectivity index is 2.42. The van der Waals surface area contributed by atoms with Crippen molar-refractivity contribution in [1.82, 2.24) is 9.29 Å². The van der Waals surface area contributed by atoms with E-state index in [1.165, 1.54) is 11.8 Å². The highest BCUT2D eigenvalue weighted by Crippen LogP contribution is 2.38. The number of hydrogen-bond acceptors (Lipinski definition) is 5. The highest BCUT2D eigenvalue weighted by atomic mass is 35.5. The Labute approximate surface area is 185 Å². The molecule has 0 aliphatic carbocycles. The number of nitrogens with zero attached hydrogens (tertiary/aromatic N) is 2. The molecular formula is C17H15ClF4N4O3S2. The van der Waals surface area contributed by atoms with Crippen molar-refractivity contribution in [3.05, 3.63) is 46.5 Å². The number of rotatable bonds is 6. The van der Waals surface area contributed by atoms with Crippen LogP contribution < -0.4 is 10.0 Å². The largest absolute Gasteiger partial charge is 0.416 e. The Bertz CT molecular complexity index is 1180. The molecule has 0 bridgehead atoms. The number of sulfonamides is 1. The van der Waals surface area contributed by atoms with Gasteiger partial charge in [-0.1, -0.05) is 18.5 Å². The van der Waals surface area contributed by atoms with Gasteiger partial charge in [0.15, 0.2) is 4.87 Å². The van der Waals surface area contributed by atoms with E-state index in [0.29, 0.717) is 0 Å². The van der Waals surface area contributed by atoms with E-state index in [1.807, 2.05) is 0 Å². The average Bonchev–Trinajstić information content (AvgIpc) is 2.97. The summed E-state index contributed by atoms with van der Waals surface area (Å²) in [6.07, 6.45) is -4.87. The summed E-state index contributed by atoms with van der Waals surface area (Å²) in [5, 5.41) is 10.5. The van der Waals surface area contributed by atoms with Crippen LogP contribution in [-0.2, 0) is 17.1 Å². The number of thiol groups is 1. The maximum atomic E-state index is 13.4. The van der Waals surface area contributed by atoms with Crippen LogP contribution in [0.5, 0.6) is 0 Å². The van der Waals surface area contributed by atoms with Crippen molar-refractivity contribution in [2.75, 3.05) is 5.32 Å². The average molecular weight is 499 g/mol. The van der Waals surface area contributed by atoms with Crippen LogP contribution in [-0.4, -0.2) is 29.9 Å². The van der Waals surface area contributed by atoms with Gasteiger partial charge in [0.1, 0.15) is 22.5 Å². The van der Waals surface area contributed by atoms with Crippen molar-refractivity contribution in [2.45, 2.75) is 29.3 Å². The van der Waals surface area contributed by atoms with E-state index in [4.69, 9.17) is 16.9 Å². The molecule has 31 heavy (non-hydrogen) atoms. The molecule has 1 aromatic heterocycles. The number of amides is 1. The van der Waals surface area contributed by atoms with Crippen LogP contribution >= 0.6 is 24.2 Å². The zero-order valence-corrected chi connectivity index (χ0v) is 18.3. The molecule has 0 fully saturated rings. The molecule has 2 rings (SSSR count). The van der Waals surface area contributed by atoms with Crippen LogP contribution in [0.2, 0.25) is 5.02 Å². The minimum atomic E-state index is -5.01. The fourth-order valence-corrected chi connectivity index (χ4v) is 4.88. The maximum absolute atomic E-state index is 13.4. The Hall–Kier alpha value is -2.27. The lowest BCUT2D eigenvalue weighted by atomic mass is 10.2. The van der Waals surface area contributed by atoms with E-state index in [9.17, 15) is 30.8 Å². The molecule has 0 saturated heterocycles. The second-order valence-electron chi connectivity index (χ2n) is 6.34. The van der Waals surface area contributed by atoms with Gasteiger partial charge in [0.25, 0.3) is 5.91 Å². The van der Waals surface area contributed by atoms with E-state index >= 15 is 0 Å². The first-order valence-corrected chi connectivity index (χ1v) is 10.7. The topological polar surface area (TPSA) is 104 Å². The number of halogens is 5. The Morgan fingerprint density at radius 1 is 1.35 bits per heavy atom. The molecule has 0 spiro atoms. The number of alkyl halides is 3. The van der Waals surface area contributed by atoms with Crippen LogP contribution in [0.4, 0.5) is 23.2 Å². The van der Waals surface area contributed by atoms with Crippen molar-refractivity contribution in [1.29, 1.82) is 5.26 Å². The SMILES string of the molecule is CC[C@@](S)(NS(=O)(=O)c1cn(C)c(C(=O)Nc2ccc(F)c(C#N)c2)c1Cl)C(F)(F)F. The molecule has 0 saturated carbocycles. The van der Waals surface area contributed by atoms with E-state index in [1.54, 1.807) is 6.07 Å². The van der Waals surface area contributed by atoms with Gasteiger partial charge >= 0.3 is 6.18 Å². The number of carbonyl (C=O) groups excluding carboxylic acids is 1. The quantitative estimate of drug-likeness (QED) is 0.320. The molecule has 0 radical (unpaired) electrons. The molecule has 14 heteroatoms. The standard InChI is InChI=1S/C17H15ClF4N4O3S2/c1-3-16(30,17(20,21)22)25-31(28,29)12-8-26(2)14(13(12)18)15(27)24-10-4-5-11(19)9(6-10)7-23/h4-6,8,25,30H,3H2,1-2H3,(H,24,27)/t16-/m0/s1. The Kier molecular flexibility index (Phi) is 7.01. The number of hydrogen-bond donors (Lipinski definition) is 3. The normalized spacial score (nSPS) is 14.0. The predicted octanol–water partition coefficient (Wildman–Crippen LogP) is 3.82. The molecule has 2 N–H and O–H groups in total. The van der Waals surface area contributed by atoms with Crippen molar-refractivity contribution in [2.24, 2.45) is 7.05 Å². The molecule has 0 aliphatic heterocycles. The predicted molar refractivity (Wildman–Crippen MR) is 108 cm³/mol. The Morgan fingerprint density at radius 3 is 2.48 bits per heavy atom. The summed E-state index contributed by atoms with van der Waals surface area (Å²) >= 11 is 9.47. The summed E-state index contributed by atoms with van der Waals surface area (Å²) in [6.45, 7) is 1.09. The van der Waals surface area contributed by atoms with E-state index < -0.39 is 54.8 Å². The lowest BCUT2D eigenvalue weighted by molar-refractivity contribution is -0.162. The van der Waals surface area contributed by atoms with Gasteiger partial charge in [-0.25, -0.2) is 12.8 Å². The van der Waals surface area contributed by atoms with Gasteiger partial charge < -0.3 is 9.88 Å². The molecule has 168 valence electrons. The van der Waals surface area contributed by atoms with Crippen LogP contribution in [0, 0.1) is 17.1 Å². The third-order valence-electron chi connectivity index (χ3n) is 4.22. The molecular weight excluding hydrogens is 484 g/mol. The van der Waals surface area contributed by atoms with Gasteiger partial charge in [-0.15, -0.1) is 12.6 Å². The number of carbonyl (C=O) groups is 1. The van der Waals surface area contributed by atoms with Crippen LogP contribution in [0.15, 0.2) is 29.3 Å². The fraction of sp³-hybridized carbons (Fsp3) is 0.294. The minimum Gasteiger partial charge on any atom is -0.344 e. The number of benzene rings is 1. The summed E-state index contributed by atoms with van der Waals surface area (Å²) in [6, 6.07) is 4.73. The highest BCUT2D eigenvalue weighted by molar-refractivity contribution is 7.91. The number of nitriles is 1. The number of nitrogens with one attached hydrogen (secondary N) is 2. The third kappa shape index (κ3) is 4.98. The maximum Gasteiger partial charge on any atom is 0.416 e. The zero-order chi connectivity index (χ0) is 23.8. The zero-order valence-electron chi connectivity index (χ0n) is 15.9. The highest BCUT2D eigenvalue weighted by Gasteiger charge is 2.53. The van der Waals surface area contributed by atoms with Crippen molar-refractivity contribution in [3.63, 3.8) is 0 Å². The first-order chi connectivity index (χ1) is 14.2. The minimum absolute atomic E-state index is 0.0141. The summed E-state index contributed by atoms with van der Waals surface area (Å²) in [5.74, 6) is -1.75. The van der Waals surface area contributed by atoms with Crippen molar-refractivity contribution < 1.29 is 30.8 Å². The van der Waals surface area contributed by atoms with Crippen LogP contribution in [0.3, 0.4) is 0 Å². The first-order valence-electron chi connectivity index (χ1n) is 8.35. The number of aromatic nitrogens is 1. The molecule has 1 atom stereocenters. The first kappa shape index (κ1) is 25.0. The second-order valence-corrected chi connectivity index (χ2v) is 9.14. The molecule has 1 heterocycles. The second kappa shape index (κ2) is 8.70. The van der Waals surface area contributed by atoms with Gasteiger partial charge in [-0.2, -0.15) is 23.2 Å². The molecule has 1 amide bonds. The monoisotopic (exact) mass is 498 g/mol. The van der Waals surface area contributed by atoms with Gasteiger partial charge in [0.05, 0.1) is 10.6 Å². The summed E-state index contributed by atoms with van der Waals surface area (Å²) < 4.78 is 80.8. The van der Waals surface area contributed by atoms with Gasteiger partial charge in [0, 0.05) is 18.9 Å². The van der Waals surface area contributed by atoms with Gasteiger partial charge in [-0.3, -0.25) is 4.79 Å². The van der Waals surface area contributed by atoms with Gasteiger partial charge in [-0.05, 0) is 24.6 Å².